The second-order valence-corrected chi connectivity index (χ2v) is 4.20. The molecular weight excluding hydrogens is 232 g/mol. The monoisotopic (exact) mass is 241 g/mol. The van der Waals surface area contributed by atoms with Crippen LogP contribution < -0.4 is 5.73 Å². The number of rotatable bonds is 3. The molecule has 1 heterocycles. The summed E-state index contributed by atoms with van der Waals surface area (Å²) in [5.41, 5.74) is 5.51. The summed E-state index contributed by atoms with van der Waals surface area (Å²) in [5.74, 6) is -1.77. The molecule has 16 heavy (non-hydrogen) atoms. The van der Waals surface area contributed by atoms with E-state index >= 15 is 0 Å². The molecule has 0 spiro atoms. The third-order valence-corrected chi connectivity index (χ3v) is 3.02. The number of halogens is 2. The predicted octanol–water partition coefficient (Wildman–Crippen LogP) is 1.98. The lowest BCUT2D eigenvalue weighted by Gasteiger charge is -1.97. The van der Waals surface area contributed by atoms with Gasteiger partial charge in [0.1, 0.15) is 5.01 Å². The third kappa shape index (κ3) is 2.07. The van der Waals surface area contributed by atoms with Gasteiger partial charge in [-0.2, -0.15) is 0 Å². The van der Waals surface area contributed by atoms with E-state index in [1.54, 1.807) is 0 Å². The van der Waals surface area contributed by atoms with Crippen molar-refractivity contribution in [1.82, 2.24) is 10.2 Å². The fourth-order valence-corrected chi connectivity index (χ4v) is 2.13. The molecule has 2 aromatic rings. The maximum absolute atomic E-state index is 13.4. The van der Waals surface area contributed by atoms with Crippen molar-refractivity contribution in [2.24, 2.45) is 5.73 Å². The van der Waals surface area contributed by atoms with E-state index in [0.29, 0.717) is 18.0 Å². The van der Waals surface area contributed by atoms with Crippen LogP contribution in [0.4, 0.5) is 8.78 Å². The van der Waals surface area contributed by atoms with Crippen LogP contribution in [0.25, 0.3) is 10.6 Å². The van der Waals surface area contributed by atoms with Crippen LogP contribution in [0.1, 0.15) is 5.01 Å². The van der Waals surface area contributed by atoms with E-state index in [9.17, 15) is 8.78 Å². The molecule has 0 radical (unpaired) electrons. The molecule has 0 aliphatic heterocycles. The Labute approximate surface area is 94.9 Å². The first kappa shape index (κ1) is 11.1. The average Bonchev–Trinajstić information content (AvgIpc) is 2.71. The first-order chi connectivity index (χ1) is 7.72. The first-order valence-corrected chi connectivity index (χ1v) is 5.51. The molecule has 0 aliphatic carbocycles. The van der Waals surface area contributed by atoms with Crippen molar-refractivity contribution in [3.05, 3.63) is 34.8 Å². The molecule has 1 aromatic heterocycles. The Morgan fingerprint density at radius 3 is 2.81 bits per heavy atom. The Kier molecular flexibility index (Phi) is 3.21. The third-order valence-electron chi connectivity index (χ3n) is 2.01. The minimum atomic E-state index is -0.891. The number of benzene rings is 1. The van der Waals surface area contributed by atoms with Gasteiger partial charge in [-0.15, -0.1) is 10.2 Å². The van der Waals surface area contributed by atoms with Crippen LogP contribution in [0.2, 0.25) is 0 Å². The number of hydrogen-bond acceptors (Lipinski definition) is 4. The molecule has 0 bridgehead atoms. The summed E-state index contributed by atoms with van der Waals surface area (Å²) in [5, 5.41) is 8.76. The summed E-state index contributed by atoms with van der Waals surface area (Å²) in [6, 6.07) is 3.99. The van der Waals surface area contributed by atoms with Crippen molar-refractivity contribution < 1.29 is 8.78 Å². The predicted molar refractivity (Wildman–Crippen MR) is 58.0 cm³/mol. The molecule has 0 saturated carbocycles. The maximum atomic E-state index is 13.4. The van der Waals surface area contributed by atoms with Crippen LogP contribution in [0.15, 0.2) is 18.2 Å². The molecule has 84 valence electrons. The fraction of sp³-hybridized carbons (Fsp3) is 0.200. The molecule has 1 aromatic carbocycles. The highest BCUT2D eigenvalue weighted by Gasteiger charge is 2.13. The van der Waals surface area contributed by atoms with E-state index < -0.39 is 11.6 Å². The smallest absolute Gasteiger partial charge is 0.169 e. The summed E-state index contributed by atoms with van der Waals surface area (Å²) in [6.45, 7) is 0.459. The lowest BCUT2D eigenvalue weighted by molar-refractivity contribution is 0.511. The van der Waals surface area contributed by atoms with Crippen molar-refractivity contribution in [2.45, 2.75) is 6.42 Å². The normalized spacial score (nSPS) is 10.7. The highest BCUT2D eigenvalue weighted by molar-refractivity contribution is 7.14. The van der Waals surface area contributed by atoms with Gasteiger partial charge in [0.15, 0.2) is 16.6 Å². The van der Waals surface area contributed by atoms with E-state index in [1.807, 2.05) is 0 Å². The Morgan fingerprint density at radius 1 is 1.25 bits per heavy atom. The second-order valence-electron chi connectivity index (χ2n) is 3.14. The van der Waals surface area contributed by atoms with Crippen molar-refractivity contribution in [3.63, 3.8) is 0 Å². The van der Waals surface area contributed by atoms with Crippen molar-refractivity contribution in [1.29, 1.82) is 0 Å². The minimum absolute atomic E-state index is 0.140. The standard InChI is InChI=1S/C10H9F2N3S/c11-7-3-1-2-6(9(7)12)10-15-14-8(16-10)4-5-13/h1-3H,4-5,13H2. The molecule has 2 N–H and O–H groups in total. The topological polar surface area (TPSA) is 51.8 Å². The zero-order valence-electron chi connectivity index (χ0n) is 8.28. The van der Waals surface area contributed by atoms with Gasteiger partial charge in [-0.1, -0.05) is 17.4 Å². The molecule has 3 nitrogen and oxygen atoms in total. The van der Waals surface area contributed by atoms with Gasteiger partial charge < -0.3 is 5.73 Å². The van der Waals surface area contributed by atoms with E-state index in [1.165, 1.54) is 23.5 Å². The van der Waals surface area contributed by atoms with Crippen molar-refractivity contribution in [2.75, 3.05) is 6.54 Å². The molecule has 0 amide bonds. The van der Waals surface area contributed by atoms with Gasteiger partial charge in [0.05, 0.1) is 5.56 Å². The molecule has 0 saturated heterocycles. The summed E-state index contributed by atoms with van der Waals surface area (Å²) in [4.78, 5) is 0. The van der Waals surface area contributed by atoms with E-state index in [2.05, 4.69) is 10.2 Å². The Hall–Kier alpha value is -1.40. The number of nitrogens with zero attached hydrogens (tertiary/aromatic N) is 2. The van der Waals surface area contributed by atoms with Gasteiger partial charge in [-0.3, -0.25) is 0 Å². The molecule has 6 heteroatoms. The van der Waals surface area contributed by atoms with Gasteiger partial charge in [0.25, 0.3) is 0 Å². The molecule has 0 fully saturated rings. The van der Waals surface area contributed by atoms with Gasteiger partial charge >= 0.3 is 0 Å². The molecule has 0 atom stereocenters. The van der Waals surface area contributed by atoms with Crippen LogP contribution in [-0.2, 0) is 6.42 Å². The zero-order valence-corrected chi connectivity index (χ0v) is 9.10. The molecule has 2 rings (SSSR count). The van der Waals surface area contributed by atoms with E-state index in [-0.39, 0.29) is 5.56 Å². The second kappa shape index (κ2) is 4.63. The Bertz CT molecular complexity index is 499. The van der Waals surface area contributed by atoms with Crippen LogP contribution in [0.3, 0.4) is 0 Å². The highest BCUT2D eigenvalue weighted by atomic mass is 32.1. The highest BCUT2D eigenvalue weighted by Crippen LogP contribution is 2.27. The van der Waals surface area contributed by atoms with Gasteiger partial charge in [0, 0.05) is 6.42 Å². The zero-order chi connectivity index (χ0) is 11.5. The van der Waals surface area contributed by atoms with Gasteiger partial charge in [-0.05, 0) is 18.7 Å². The molecule has 0 unspecified atom stereocenters. The minimum Gasteiger partial charge on any atom is -0.330 e. The largest absolute Gasteiger partial charge is 0.330 e. The summed E-state index contributed by atoms with van der Waals surface area (Å²) in [7, 11) is 0. The van der Waals surface area contributed by atoms with Crippen LogP contribution in [0.5, 0.6) is 0 Å². The average molecular weight is 241 g/mol. The van der Waals surface area contributed by atoms with Crippen molar-refractivity contribution >= 4 is 11.3 Å². The summed E-state index contributed by atoms with van der Waals surface area (Å²) in [6.07, 6.45) is 0.592. The Balaban J connectivity index is 2.39. The Morgan fingerprint density at radius 2 is 2.06 bits per heavy atom. The maximum Gasteiger partial charge on any atom is 0.169 e. The van der Waals surface area contributed by atoms with Gasteiger partial charge in [-0.25, -0.2) is 8.78 Å². The lowest BCUT2D eigenvalue weighted by Crippen LogP contribution is -2.01. The van der Waals surface area contributed by atoms with Crippen molar-refractivity contribution in [3.8, 4) is 10.6 Å². The number of nitrogens with two attached hydrogens (primary N) is 1. The first-order valence-electron chi connectivity index (χ1n) is 4.69. The van der Waals surface area contributed by atoms with E-state index in [4.69, 9.17) is 5.73 Å². The van der Waals surface area contributed by atoms with Crippen LogP contribution in [-0.4, -0.2) is 16.7 Å². The van der Waals surface area contributed by atoms with Gasteiger partial charge in [0.2, 0.25) is 0 Å². The lowest BCUT2D eigenvalue weighted by atomic mass is 10.2. The molecule has 0 aliphatic rings. The summed E-state index contributed by atoms with van der Waals surface area (Å²) < 4.78 is 26.4. The van der Waals surface area contributed by atoms with E-state index in [0.717, 1.165) is 11.1 Å². The SMILES string of the molecule is NCCc1nnc(-c2cccc(F)c2F)s1. The fourth-order valence-electron chi connectivity index (χ4n) is 1.26. The number of aromatic nitrogens is 2. The molecular formula is C10H9F2N3S. The summed E-state index contributed by atoms with van der Waals surface area (Å²) >= 11 is 1.22. The quantitative estimate of drug-likeness (QED) is 0.894. The van der Waals surface area contributed by atoms with Crippen LogP contribution >= 0.6 is 11.3 Å². The van der Waals surface area contributed by atoms with Crippen LogP contribution in [0, 0.1) is 11.6 Å². The number of hydrogen-bond donors (Lipinski definition) is 1.